The Morgan fingerprint density at radius 3 is 2.44 bits per heavy atom. The molecule has 3 N–H and O–H groups in total. The zero-order valence-corrected chi connectivity index (χ0v) is 11.7. The van der Waals surface area contributed by atoms with Gasteiger partial charge in [0.2, 0.25) is 11.8 Å². The van der Waals surface area contributed by atoms with Crippen LogP contribution in [0.4, 0.5) is 0 Å². The molecule has 18 heavy (non-hydrogen) atoms. The van der Waals surface area contributed by atoms with E-state index in [1.54, 1.807) is 7.05 Å². The molecule has 0 bridgehead atoms. The van der Waals surface area contributed by atoms with E-state index >= 15 is 0 Å². The van der Waals surface area contributed by atoms with Gasteiger partial charge in [0.15, 0.2) is 0 Å². The predicted octanol–water partition coefficient (Wildman–Crippen LogP) is 0.482. The number of amides is 2. The fourth-order valence-electron chi connectivity index (χ4n) is 1.49. The van der Waals surface area contributed by atoms with Crippen molar-refractivity contribution in [3.63, 3.8) is 0 Å². The van der Waals surface area contributed by atoms with Gasteiger partial charge in [0.1, 0.15) is 0 Å². The Kier molecular flexibility index (Phi) is 5.80. The number of nitrogens with two attached hydrogens (primary N) is 1. The topological polar surface area (TPSA) is 75.4 Å². The second-order valence-electron chi connectivity index (χ2n) is 3.87. The molecule has 0 fully saturated rings. The fourth-order valence-corrected chi connectivity index (χ4v) is 1.76. The van der Waals surface area contributed by atoms with E-state index in [9.17, 15) is 9.59 Å². The highest BCUT2D eigenvalue weighted by molar-refractivity contribution is 9.10. The molecular weight excluding hydrogens is 298 g/mol. The molecule has 0 saturated carbocycles. The average Bonchev–Trinajstić information content (AvgIpc) is 2.31. The maximum atomic E-state index is 11.8. The number of benzene rings is 1. The molecule has 98 valence electrons. The Hall–Kier alpha value is -1.40. The van der Waals surface area contributed by atoms with Crippen LogP contribution in [0.25, 0.3) is 0 Å². The third-order valence-corrected chi connectivity index (χ3v) is 2.84. The molecular formula is C12H16BrN3O2. The number of rotatable bonds is 6. The van der Waals surface area contributed by atoms with Gasteiger partial charge in [0, 0.05) is 11.0 Å². The van der Waals surface area contributed by atoms with Crippen molar-refractivity contribution >= 4 is 27.7 Å². The highest BCUT2D eigenvalue weighted by Gasteiger charge is 2.15. The highest BCUT2D eigenvalue weighted by Crippen LogP contribution is 2.12. The van der Waals surface area contributed by atoms with Crippen LogP contribution in [0.1, 0.15) is 5.56 Å². The standard InChI is InChI=1S/C12H16BrN3O2/c1-15-6-12(18)16(8-11(14)17)7-9-2-4-10(13)5-3-9/h2-5,15H,6-8H2,1H3,(H2,14,17). The van der Waals surface area contributed by atoms with E-state index in [0.717, 1.165) is 10.0 Å². The van der Waals surface area contributed by atoms with E-state index in [-0.39, 0.29) is 19.0 Å². The lowest BCUT2D eigenvalue weighted by Crippen LogP contribution is -2.41. The number of hydrogen-bond acceptors (Lipinski definition) is 3. The summed E-state index contributed by atoms with van der Waals surface area (Å²) in [6, 6.07) is 7.57. The van der Waals surface area contributed by atoms with Crippen LogP contribution in [0.2, 0.25) is 0 Å². The summed E-state index contributed by atoms with van der Waals surface area (Å²) >= 11 is 3.34. The van der Waals surface area contributed by atoms with Crippen molar-refractivity contribution in [1.82, 2.24) is 10.2 Å². The summed E-state index contributed by atoms with van der Waals surface area (Å²) in [6.07, 6.45) is 0. The number of likely N-dealkylation sites (N-methyl/N-ethyl adjacent to an activating group) is 1. The second kappa shape index (κ2) is 7.13. The minimum absolute atomic E-state index is 0.0728. The summed E-state index contributed by atoms with van der Waals surface area (Å²) in [7, 11) is 1.68. The lowest BCUT2D eigenvalue weighted by molar-refractivity contribution is -0.134. The minimum Gasteiger partial charge on any atom is -0.368 e. The Morgan fingerprint density at radius 2 is 1.94 bits per heavy atom. The van der Waals surface area contributed by atoms with Crippen LogP contribution in [0, 0.1) is 0 Å². The number of carbonyl (C=O) groups is 2. The summed E-state index contributed by atoms with van der Waals surface area (Å²) in [5.41, 5.74) is 6.09. The maximum Gasteiger partial charge on any atom is 0.237 e. The number of halogens is 1. The number of primary amides is 1. The smallest absolute Gasteiger partial charge is 0.237 e. The van der Waals surface area contributed by atoms with Gasteiger partial charge in [-0.05, 0) is 24.7 Å². The summed E-state index contributed by atoms with van der Waals surface area (Å²) in [5, 5.41) is 2.77. The monoisotopic (exact) mass is 313 g/mol. The van der Waals surface area contributed by atoms with Crippen molar-refractivity contribution in [2.24, 2.45) is 5.73 Å². The molecule has 0 saturated heterocycles. The Morgan fingerprint density at radius 1 is 1.33 bits per heavy atom. The quantitative estimate of drug-likeness (QED) is 0.802. The lowest BCUT2D eigenvalue weighted by Gasteiger charge is -2.21. The molecule has 1 rings (SSSR count). The Labute approximate surface area is 114 Å². The molecule has 0 atom stereocenters. The first-order valence-corrected chi connectivity index (χ1v) is 6.27. The van der Waals surface area contributed by atoms with Crippen LogP contribution in [0.15, 0.2) is 28.7 Å². The molecule has 5 nitrogen and oxygen atoms in total. The molecule has 0 aliphatic heterocycles. The normalized spacial score (nSPS) is 10.1. The molecule has 0 radical (unpaired) electrons. The van der Waals surface area contributed by atoms with E-state index < -0.39 is 5.91 Å². The van der Waals surface area contributed by atoms with E-state index in [4.69, 9.17) is 5.73 Å². The third kappa shape index (κ3) is 4.85. The molecule has 6 heteroatoms. The van der Waals surface area contributed by atoms with E-state index in [0.29, 0.717) is 6.54 Å². The Balaban J connectivity index is 2.74. The highest BCUT2D eigenvalue weighted by atomic mass is 79.9. The lowest BCUT2D eigenvalue weighted by atomic mass is 10.2. The molecule has 0 spiro atoms. The van der Waals surface area contributed by atoms with Crippen molar-refractivity contribution in [3.8, 4) is 0 Å². The molecule has 0 aliphatic carbocycles. The van der Waals surface area contributed by atoms with Crippen molar-refractivity contribution in [1.29, 1.82) is 0 Å². The van der Waals surface area contributed by atoms with Crippen LogP contribution in [-0.2, 0) is 16.1 Å². The Bertz CT molecular complexity index is 420. The number of nitrogens with one attached hydrogen (secondary N) is 1. The summed E-state index contributed by atoms with van der Waals surface area (Å²) < 4.78 is 0.967. The predicted molar refractivity (Wildman–Crippen MR) is 72.7 cm³/mol. The van der Waals surface area contributed by atoms with Crippen LogP contribution >= 0.6 is 15.9 Å². The van der Waals surface area contributed by atoms with Crippen LogP contribution < -0.4 is 11.1 Å². The van der Waals surface area contributed by atoms with Gasteiger partial charge in [0.05, 0.1) is 13.1 Å². The molecule has 2 amide bonds. The molecule has 0 unspecified atom stereocenters. The number of nitrogens with zero attached hydrogens (tertiary/aromatic N) is 1. The molecule has 1 aromatic rings. The maximum absolute atomic E-state index is 11.8. The van der Waals surface area contributed by atoms with Crippen molar-refractivity contribution < 1.29 is 9.59 Å². The van der Waals surface area contributed by atoms with Crippen molar-refractivity contribution in [3.05, 3.63) is 34.3 Å². The van der Waals surface area contributed by atoms with Crippen molar-refractivity contribution in [2.45, 2.75) is 6.54 Å². The van der Waals surface area contributed by atoms with Gasteiger partial charge >= 0.3 is 0 Å². The first kappa shape index (κ1) is 14.7. The van der Waals surface area contributed by atoms with E-state index in [2.05, 4.69) is 21.2 Å². The molecule has 0 aromatic heterocycles. The largest absolute Gasteiger partial charge is 0.368 e. The van der Waals surface area contributed by atoms with Gasteiger partial charge in [0.25, 0.3) is 0 Å². The van der Waals surface area contributed by atoms with E-state index in [1.807, 2.05) is 24.3 Å². The van der Waals surface area contributed by atoms with Gasteiger partial charge in [-0.2, -0.15) is 0 Å². The summed E-state index contributed by atoms with van der Waals surface area (Å²) in [5.74, 6) is -0.671. The van der Waals surface area contributed by atoms with Gasteiger partial charge in [-0.1, -0.05) is 28.1 Å². The van der Waals surface area contributed by atoms with Gasteiger partial charge in [-0.15, -0.1) is 0 Å². The van der Waals surface area contributed by atoms with E-state index in [1.165, 1.54) is 4.90 Å². The molecule has 1 aromatic carbocycles. The minimum atomic E-state index is -0.517. The fraction of sp³-hybridized carbons (Fsp3) is 0.333. The third-order valence-electron chi connectivity index (χ3n) is 2.31. The number of hydrogen-bond donors (Lipinski definition) is 2. The summed E-state index contributed by atoms with van der Waals surface area (Å²) in [6.45, 7) is 0.483. The zero-order valence-electron chi connectivity index (χ0n) is 10.1. The SMILES string of the molecule is CNCC(=O)N(CC(N)=O)Cc1ccc(Br)cc1. The number of carbonyl (C=O) groups excluding carboxylic acids is 2. The van der Waals surface area contributed by atoms with Crippen LogP contribution in [0.3, 0.4) is 0 Å². The summed E-state index contributed by atoms with van der Waals surface area (Å²) in [4.78, 5) is 24.2. The van der Waals surface area contributed by atoms with Crippen LogP contribution in [0.5, 0.6) is 0 Å². The molecule has 0 heterocycles. The van der Waals surface area contributed by atoms with Gasteiger partial charge in [-0.25, -0.2) is 0 Å². The first-order valence-electron chi connectivity index (χ1n) is 5.48. The van der Waals surface area contributed by atoms with Crippen molar-refractivity contribution in [2.75, 3.05) is 20.1 Å². The zero-order chi connectivity index (χ0) is 13.5. The van der Waals surface area contributed by atoms with Gasteiger partial charge in [-0.3, -0.25) is 9.59 Å². The second-order valence-corrected chi connectivity index (χ2v) is 4.79. The average molecular weight is 314 g/mol. The van der Waals surface area contributed by atoms with Gasteiger partial charge < -0.3 is 16.0 Å². The first-order chi connectivity index (χ1) is 8.52. The van der Waals surface area contributed by atoms with Crippen LogP contribution in [-0.4, -0.2) is 36.9 Å². The molecule has 0 aliphatic rings.